The quantitative estimate of drug-likeness (QED) is 0.403. The number of hydrogen-bond donors (Lipinski definition) is 0. The van der Waals surface area contributed by atoms with Crippen molar-refractivity contribution in [3.05, 3.63) is 0 Å². The van der Waals surface area contributed by atoms with Gasteiger partial charge in [-0.3, -0.25) is 0 Å². The average Bonchev–Trinajstić information content (AvgIpc) is 1.96. The third-order valence-corrected chi connectivity index (χ3v) is 25.3. The molecule has 0 rings (SSSR count). The first-order valence-electron chi connectivity index (χ1n) is 7.19. The molecule has 17 heavy (non-hydrogen) atoms. The van der Waals surface area contributed by atoms with Crippen LogP contribution >= 0.6 is 11.1 Å². The van der Waals surface area contributed by atoms with Gasteiger partial charge in [0, 0.05) is 0 Å². The first-order valence-corrected chi connectivity index (χ1v) is 14.8. The molecule has 0 aromatic heterocycles. The minimum absolute atomic E-state index is 0.760. The van der Waals surface area contributed by atoms with E-state index in [4.69, 9.17) is 11.1 Å². The first kappa shape index (κ1) is 17.7. The minimum atomic E-state index is -1.53. The molecule has 1 unspecified atom stereocenters. The summed E-state index contributed by atoms with van der Waals surface area (Å²) >= 11 is 7.13. The van der Waals surface area contributed by atoms with Crippen molar-refractivity contribution < 1.29 is 0 Å². The smallest absolute Gasteiger partial charge is 0.144 e. The predicted molar refractivity (Wildman–Crippen MR) is 88.0 cm³/mol. The zero-order valence-corrected chi connectivity index (χ0v) is 16.0. The van der Waals surface area contributed by atoms with E-state index in [1.165, 1.54) is 18.1 Å². The van der Waals surface area contributed by atoms with E-state index in [1.807, 2.05) is 0 Å². The van der Waals surface area contributed by atoms with Crippen LogP contribution in [0.5, 0.6) is 0 Å². The van der Waals surface area contributed by atoms with Gasteiger partial charge in [0.2, 0.25) is 0 Å². The maximum absolute atomic E-state index is 7.13. The lowest BCUT2D eigenvalue weighted by atomic mass is 10.3. The van der Waals surface area contributed by atoms with Crippen molar-refractivity contribution in [2.24, 2.45) is 17.8 Å². The highest BCUT2D eigenvalue weighted by Gasteiger charge is 2.47. The molecule has 0 amide bonds. The fraction of sp³-hybridized carbons (Fsp3) is 1.00. The topological polar surface area (TPSA) is 0 Å². The van der Waals surface area contributed by atoms with Gasteiger partial charge in [-0.2, -0.15) is 11.1 Å². The Hall–Kier alpha value is 0.724. The molecule has 3 heteroatoms. The van der Waals surface area contributed by atoms with Crippen molar-refractivity contribution in [3.63, 3.8) is 0 Å². The standard InChI is InChI=1S/C14H33ClSi2/c1-12(2)9-16(7,10-13(3)4)17(8,15)11-14(5)6/h12-14H,9-11H2,1-8H3. The summed E-state index contributed by atoms with van der Waals surface area (Å²) in [6.07, 6.45) is 0. The van der Waals surface area contributed by atoms with Crippen molar-refractivity contribution >= 4 is 25.6 Å². The number of halogens is 1. The summed E-state index contributed by atoms with van der Waals surface area (Å²) in [5.74, 6) is 2.38. The number of hydrogen-bond acceptors (Lipinski definition) is 0. The largest absolute Gasteiger partial charge is 0.171 e. The van der Waals surface area contributed by atoms with E-state index < -0.39 is 14.5 Å². The van der Waals surface area contributed by atoms with Crippen molar-refractivity contribution in [2.45, 2.75) is 72.8 Å². The van der Waals surface area contributed by atoms with Gasteiger partial charge in [0.1, 0.15) is 6.90 Å². The van der Waals surface area contributed by atoms with E-state index in [0.717, 1.165) is 17.8 Å². The highest BCUT2D eigenvalue weighted by Crippen LogP contribution is 2.39. The molecular formula is C14H33ClSi2. The van der Waals surface area contributed by atoms with Crippen LogP contribution < -0.4 is 0 Å². The van der Waals surface area contributed by atoms with Crippen molar-refractivity contribution in [1.82, 2.24) is 0 Å². The fourth-order valence-corrected chi connectivity index (χ4v) is 20.0. The van der Waals surface area contributed by atoms with Gasteiger partial charge in [0.05, 0.1) is 7.59 Å². The van der Waals surface area contributed by atoms with Crippen LogP contribution in [0.25, 0.3) is 0 Å². The van der Waals surface area contributed by atoms with Crippen molar-refractivity contribution in [2.75, 3.05) is 0 Å². The molecule has 0 aliphatic carbocycles. The zero-order valence-electron chi connectivity index (χ0n) is 13.2. The predicted octanol–water partition coefficient (Wildman–Crippen LogP) is 5.93. The van der Waals surface area contributed by atoms with E-state index >= 15 is 0 Å². The summed E-state index contributed by atoms with van der Waals surface area (Å²) in [5, 5.41) is 0. The van der Waals surface area contributed by atoms with Crippen LogP contribution in [0.4, 0.5) is 0 Å². The molecule has 0 heterocycles. The monoisotopic (exact) mass is 292 g/mol. The summed E-state index contributed by atoms with van der Waals surface area (Å²) < 4.78 is 0. The highest BCUT2D eigenvalue weighted by atomic mass is 35.6. The Kier molecular flexibility index (Phi) is 7.05. The molecule has 0 radical (unpaired) electrons. The second kappa shape index (κ2) is 6.76. The van der Waals surface area contributed by atoms with E-state index in [9.17, 15) is 0 Å². The van der Waals surface area contributed by atoms with Gasteiger partial charge in [0.15, 0.2) is 0 Å². The molecule has 0 saturated carbocycles. The van der Waals surface area contributed by atoms with E-state index in [1.54, 1.807) is 0 Å². The molecule has 1 atom stereocenters. The Morgan fingerprint density at radius 2 is 1.00 bits per heavy atom. The lowest BCUT2D eigenvalue weighted by molar-refractivity contribution is 0.682. The minimum Gasteiger partial charge on any atom is -0.171 e. The van der Waals surface area contributed by atoms with Gasteiger partial charge >= 0.3 is 0 Å². The van der Waals surface area contributed by atoms with Crippen molar-refractivity contribution in [1.29, 1.82) is 0 Å². The number of rotatable bonds is 7. The molecule has 0 aliphatic rings. The molecule has 0 fully saturated rings. The van der Waals surface area contributed by atoms with Crippen LogP contribution in [-0.2, 0) is 0 Å². The van der Waals surface area contributed by atoms with Gasteiger partial charge in [-0.15, -0.1) is 0 Å². The summed E-state index contributed by atoms with van der Waals surface area (Å²) in [7, 11) is -1.26. The summed E-state index contributed by atoms with van der Waals surface area (Å²) in [6, 6.07) is 4.14. The van der Waals surface area contributed by atoms with Gasteiger partial charge in [-0.1, -0.05) is 66.7 Å². The maximum Gasteiger partial charge on any atom is 0.144 e. The van der Waals surface area contributed by atoms with Gasteiger partial charge < -0.3 is 0 Å². The van der Waals surface area contributed by atoms with Crippen molar-refractivity contribution in [3.8, 4) is 0 Å². The lowest BCUT2D eigenvalue weighted by Gasteiger charge is -2.42. The van der Waals surface area contributed by atoms with Gasteiger partial charge in [0.25, 0.3) is 0 Å². The van der Waals surface area contributed by atoms with Gasteiger partial charge in [-0.25, -0.2) is 0 Å². The van der Waals surface area contributed by atoms with E-state index in [2.05, 4.69) is 54.6 Å². The second-order valence-corrected chi connectivity index (χ2v) is 24.7. The SMILES string of the molecule is CC(C)C[Si](C)(Cl)[Si](C)(CC(C)C)CC(C)C. The third-order valence-electron chi connectivity index (χ3n) is 3.77. The first-order chi connectivity index (χ1) is 7.50. The molecule has 0 saturated heterocycles. The molecule has 0 nitrogen and oxygen atoms in total. The third kappa shape index (κ3) is 5.93. The van der Waals surface area contributed by atoms with Crippen LogP contribution in [0.1, 0.15) is 41.5 Å². The molecular weight excluding hydrogens is 260 g/mol. The Balaban J connectivity index is 5.00. The molecule has 0 bridgehead atoms. The van der Waals surface area contributed by atoms with Crippen LogP contribution in [0.3, 0.4) is 0 Å². The van der Waals surface area contributed by atoms with Crippen LogP contribution in [0.15, 0.2) is 0 Å². The molecule has 104 valence electrons. The zero-order chi connectivity index (χ0) is 13.9. The normalized spacial score (nSPS) is 16.9. The summed E-state index contributed by atoms with van der Waals surface area (Å²) in [5.41, 5.74) is 0. The second-order valence-electron chi connectivity index (χ2n) is 7.55. The van der Waals surface area contributed by atoms with Gasteiger partial charge in [-0.05, 0) is 23.8 Å². The average molecular weight is 293 g/mol. The molecule has 0 N–H and O–H groups in total. The Bertz CT molecular complexity index is 212. The highest BCUT2D eigenvalue weighted by molar-refractivity contribution is 7.59. The maximum atomic E-state index is 7.13. The molecule has 0 aliphatic heterocycles. The molecule has 0 aromatic carbocycles. The molecule has 0 aromatic rings. The van der Waals surface area contributed by atoms with Crippen LogP contribution in [0.2, 0.25) is 31.2 Å². The van der Waals surface area contributed by atoms with E-state index in [-0.39, 0.29) is 0 Å². The Morgan fingerprint density at radius 3 is 1.24 bits per heavy atom. The Labute approximate surface area is 116 Å². The van der Waals surface area contributed by atoms with Crippen LogP contribution in [-0.4, -0.2) is 14.5 Å². The molecule has 0 spiro atoms. The van der Waals surface area contributed by atoms with E-state index in [0.29, 0.717) is 0 Å². The Morgan fingerprint density at radius 1 is 0.706 bits per heavy atom. The lowest BCUT2D eigenvalue weighted by Crippen LogP contribution is -2.57. The summed E-state index contributed by atoms with van der Waals surface area (Å²) in [4.78, 5) is 0. The van der Waals surface area contributed by atoms with Crippen LogP contribution in [0, 0.1) is 17.8 Å². The fourth-order valence-electron chi connectivity index (χ4n) is 3.32. The summed E-state index contributed by atoms with van der Waals surface area (Å²) in [6.45, 7) is 17.6.